The van der Waals surface area contributed by atoms with Gasteiger partial charge in [-0.05, 0) is 48.5 Å². The first kappa shape index (κ1) is 16.9. The Balaban J connectivity index is 1.74. The fraction of sp³-hybridized carbons (Fsp3) is 0. The van der Waals surface area contributed by atoms with Crippen LogP contribution in [0.1, 0.15) is 20.9 Å². The second-order valence-corrected chi connectivity index (χ2v) is 6.01. The molecule has 0 atom stereocenters. The van der Waals surface area contributed by atoms with Crippen molar-refractivity contribution in [3.05, 3.63) is 82.5 Å². The Morgan fingerprint density at radius 1 is 0.920 bits per heavy atom. The Morgan fingerprint density at radius 3 is 2.32 bits per heavy atom. The lowest BCUT2D eigenvalue weighted by Crippen LogP contribution is -2.15. The number of halogens is 2. The molecule has 2 N–H and O–H groups in total. The number of furan rings is 1. The summed E-state index contributed by atoms with van der Waals surface area (Å²) in [6, 6.07) is 13.8. The molecule has 5 nitrogen and oxygen atoms in total. The molecule has 0 fully saturated rings. The van der Waals surface area contributed by atoms with E-state index in [1.54, 1.807) is 30.3 Å². The smallest absolute Gasteiger partial charge is 0.291 e. The fourth-order valence-electron chi connectivity index (χ4n) is 2.15. The van der Waals surface area contributed by atoms with Crippen molar-refractivity contribution in [2.45, 2.75) is 0 Å². The highest BCUT2D eigenvalue weighted by Crippen LogP contribution is 2.20. The average molecular weight is 403 g/mol. The zero-order valence-electron chi connectivity index (χ0n) is 12.8. The molecule has 3 rings (SSSR count). The van der Waals surface area contributed by atoms with E-state index in [0.29, 0.717) is 15.8 Å². The topological polar surface area (TPSA) is 71.3 Å². The lowest BCUT2D eigenvalue weighted by atomic mass is 10.2. The molecule has 1 heterocycles. The van der Waals surface area contributed by atoms with Crippen molar-refractivity contribution < 1.29 is 18.4 Å². The molecule has 0 aliphatic heterocycles. The van der Waals surface area contributed by atoms with Crippen molar-refractivity contribution in [3.8, 4) is 0 Å². The lowest BCUT2D eigenvalue weighted by Gasteiger charge is -2.09. The number of carbonyl (C=O) groups excluding carboxylic acids is 2. The van der Waals surface area contributed by atoms with E-state index >= 15 is 0 Å². The van der Waals surface area contributed by atoms with E-state index in [2.05, 4.69) is 26.6 Å². The van der Waals surface area contributed by atoms with Crippen LogP contribution in [0.25, 0.3) is 0 Å². The van der Waals surface area contributed by atoms with Gasteiger partial charge < -0.3 is 15.1 Å². The van der Waals surface area contributed by atoms with Gasteiger partial charge in [0.05, 0.1) is 11.8 Å². The minimum Gasteiger partial charge on any atom is -0.459 e. The van der Waals surface area contributed by atoms with Crippen LogP contribution < -0.4 is 10.6 Å². The van der Waals surface area contributed by atoms with Gasteiger partial charge in [0.25, 0.3) is 11.8 Å². The second-order valence-electron chi connectivity index (χ2n) is 5.09. The predicted molar refractivity (Wildman–Crippen MR) is 95.2 cm³/mol. The van der Waals surface area contributed by atoms with Gasteiger partial charge in [-0.3, -0.25) is 9.59 Å². The summed E-state index contributed by atoms with van der Waals surface area (Å²) < 4.78 is 19.4. The van der Waals surface area contributed by atoms with E-state index in [4.69, 9.17) is 4.42 Å². The molecule has 0 saturated heterocycles. The van der Waals surface area contributed by atoms with Crippen LogP contribution in [0, 0.1) is 5.82 Å². The maximum atomic E-state index is 13.8. The molecule has 3 aromatic rings. The third-order valence-corrected chi connectivity index (χ3v) is 3.79. The van der Waals surface area contributed by atoms with Crippen molar-refractivity contribution in [1.82, 2.24) is 0 Å². The molecule has 7 heteroatoms. The van der Waals surface area contributed by atoms with E-state index < -0.39 is 17.6 Å². The van der Waals surface area contributed by atoms with Crippen molar-refractivity contribution in [1.29, 1.82) is 0 Å². The number of amides is 2. The van der Waals surface area contributed by atoms with E-state index in [-0.39, 0.29) is 11.3 Å². The lowest BCUT2D eigenvalue weighted by molar-refractivity contribution is 0.0994. The van der Waals surface area contributed by atoms with Gasteiger partial charge in [-0.1, -0.05) is 22.0 Å². The molecule has 0 aliphatic rings. The average Bonchev–Trinajstić information content (AvgIpc) is 3.12. The molecule has 25 heavy (non-hydrogen) atoms. The van der Waals surface area contributed by atoms with Gasteiger partial charge in [0.1, 0.15) is 5.82 Å². The molecule has 1 aromatic heterocycles. The van der Waals surface area contributed by atoms with Crippen molar-refractivity contribution in [2.24, 2.45) is 0 Å². The first-order valence-electron chi connectivity index (χ1n) is 7.24. The Labute approximate surface area is 151 Å². The van der Waals surface area contributed by atoms with Crippen LogP contribution in [-0.4, -0.2) is 11.8 Å². The normalized spacial score (nSPS) is 10.3. The van der Waals surface area contributed by atoms with E-state index in [1.807, 2.05) is 0 Å². The summed E-state index contributed by atoms with van der Waals surface area (Å²) in [6.07, 6.45) is 1.40. The van der Waals surface area contributed by atoms with Gasteiger partial charge in [-0.25, -0.2) is 4.39 Å². The Kier molecular flexibility index (Phi) is 4.95. The third kappa shape index (κ3) is 4.13. The van der Waals surface area contributed by atoms with Gasteiger partial charge in [0.15, 0.2) is 5.76 Å². The number of rotatable bonds is 4. The summed E-state index contributed by atoms with van der Waals surface area (Å²) in [7, 11) is 0. The van der Waals surface area contributed by atoms with Gasteiger partial charge in [0.2, 0.25) is 0 Å². The van der Waals surface area contributed by atoms with Gasteiger partial charge in [-0.2, -0.15) is 0 Å². The highest BCUT2D eigenvalue weighted by molar-refractivity contribution is 9.10. The molecule has 126 valence electrons. The summed E-state index contributed by atoms with van der Waals surface area (Å²) in [5, 5.41) is 5.25. The first-order chi connectivity index (χ1) is 12.0. The summed E-state index contributed by atoms with van der Waals surface area (Å²) in [4.78, 5) is 24.2. The summed E-state index contributed by atoms with van der Waals surface area (Å²) in [5.41, 5.74) is 0.801. The molecule has 2 amide bonds. The molecule has 0 aliphatic carbocycles. The second kappa shape index (κ2) is 7.31. The van der Waals surface area contributed by atoms with E-state index in [0.717, 1.165) is 0 Å². The fourth-order valence-corrected chi connectivity index (χ4v) is 2.51. The SMILES string of the molecule is O=C(Nc1cccc(NC(=O)c2cc(Br)ccc2F)c1)c1ccco1. The van der Waals surface area contributed by atoms with Gasteiger partial charge in [-0.15, -0.1) is 0 Å². The molecule has 0 saturated carbocycles. The first-order valence-corrected chi connectivity index (χ1v) is 8.03. The largest absolute Gasteiger partial charge is 0.459 e. The van der Waals surface area contributed by atoms with Gasteiger partial charge >= 0.3 is 0 Å². The minimum atomic E-state index is -0.622. The zero-order chi connectivity index (χ0) is 17.8. The Bertz CT molecular complexity index is 926. The number of benzene rings is 2. The molecule has 0 spiro atoms. The van der Waals surface area contributed by atoms with Crippen LogP contribution in [0.2, 0.25) is 0 Å². The van der Waals surface area contributed by atoms with Crippen LogP contribution in [0.3, 0.4) is 0 Å². The maximum Gasteiger partial charge on any atom is 0.291 e. The van der Waals surface area contributed by atoms with Crippen LogP contribution in [0.4, 0.5) is 15.8 Å². The van der Waals surface area contributed by atoms with Crippen LogP contribution in [0.15, 0.2) is 69.8 Å². The van der Waals surface area contributed by atoms with Crippen molar-refractivity contribution in [2.75, 3.05) is 10.6 Å². The van der Waals surface area contributed by atoms with Gasteiger partial charge in [0, 0.05) is 15.8 Å². The number of carbonyl (C=O) groups is 2. The summed E-state index contributed by atoms with van der Waals surface area (Å²) in [6.45, 7) is 0. The summed E-state index contributed by atoms with van der Waals surface area (Å²) >= 11 is 3.20. The van der Waals surface area contributed by atoms with E-state index in [9.17, 15) is 14.0 Å². The maximum absolute atomic E-state index is 13.8. The highest BCUT2D eigenvalue weighted by Gasteiger charge is 2.13. The van der Waals surface area contributed by atoms with Crippen LogP contribution >= 0.6 is 15.9 Å². The Hall–Kier alpha value is -2.93. The highest BCUT2D eigenvalue weighted by atomic mass is 79.9. The van der Waals surface area contributed by atoms with Crippen LogP contribution in [-0.2, 0) is 0 Å². The predicted octanol–water partition coefficient (Wildman–Crippen LogP) is 4.69. The molecular formula is C18H12BrFN2O3. The van der Waals surface area contributed by atoms with E-state index in [1.165, 1.54) is 30.5 Å². The summed E-state index contributed by atoms with van der Waals surface area (Å²) in [5.74, 6) is -1.45. The minimum absolute atomic E-state index is 0.0839. The standard InChI is InChI=1S/C18H12BrFN2O3/c19-11-6-7-15(20)14(9-11)17(23)21-12-3-1-4-13(10-12)22-18(24)16-5-2-8-25-16/h1-10H,(H,21,23)(H,22,24). The molecule has 0 unspecified atom stereocenters. The molecular weight excluding hydrogens is 391 g/mol. The number of nitrogens with one attached hydrogen (secondary N) is 2. The van der Waals surface area contributed by atoms with Crippen LogP contribution in [0.5, 0.6) is 0 Å². The third-order valence-electron chi connectivity index (χ3n) is 3.30. The van der Waals surface area contributed by atoms with Crippen molar-refractivity contribution >= 4 is 39.1 Å². The zero-order valence-corrected chi connectivity index (χ0v) is 14.3. The molecule has 0 radical (unpaired) electrons. The Morgan fingerprint density at radius 2 is 1.64 bits per heavy atom. The monoisotopic (exact) mass is 402 g/mol. The number of hydrogen-bond donors (Lipinski definition) is 2. The van der Waals surface area contributed by atoms with Crippen molar-refractivity contribution in [3.63, 3.8) is 0 Å². The molecule has 0 bridgehead atoms. The number of hydrogen-bond acceptors (Lipinski definition) is 3. The quantitative estimate of drug-likeness (QED) is 0.664. The molecule has 2 aromatic carbocycles. The number of anilines is 2.